The second-order valence-electron chi connectivity index (χ2n) is 9.27. The van der Waals surface area contributed by atoms with E-state index in [0.717, 1.165) is 34.4 Å². The quantitative estimate of drug-likeness (QED) is 0.551. The molecule has 3 nitrogen and oxygen atoms in total. The Morgan fingerprint density at radius 1 is 1.27 bits per heavy atom. The summed E-state index contributed by atoms with van der Waals surface area (Å²) in [6, 6.07) is 6.23. The first kappa shape index (κ1) is 17.2. The lowest BCUT2D eigenvalue weighted by molar-refractivity contribution is -0.199. The zero-order valence-electron chi connectivity index (χ0n) is 15.9. The van der Waals surface area contributed by atoms with Crippen LogP contribution in [0.4, 0.5) is 0 Å². The highest BCUT2D eigenvalue weighted by molar-refractivity contribution is 6.60. The molecule has 3 aliphatic carbocycles. The highest BCUT2D eigenvalue weighted by Crippen LogP contribution is 2.65. The number of alkyl halides is 1. The number of hydrogen-bond donors (Lipinski definition) is 0. The number of halogens is 1. The van der Waals surface area contributed by atoms with Crippen LogP contribution in [0.5, 0.6) is 0 Å². The molecule has 5 atom stereocenters. The van der Waals surface area contributed by atoms with E-state index in [1.807, 2.05) is 6.26 Å². The molecule has 138 valence electrons. The summed E-state index contributed by atoms with van der Waals surface area (Å²) < 4.78 is 18.6. The van der Waals surface area contributed by atoms with Crippen molar-refractivity contribution in [1.82, 2.24) is 0 Å². The summed E-state index contributed by atoms with van der Waals surface area (Å²) in [6.07, 6.45) is 5.04. The normalized spacial score (nSPS) is 36.0. The second kappa shape index (κ2) is 5.53. The van der Waals surface area contributed by atoms with Crippen LogP contribution in [0.15, 0.2) is 28.9 Å². The lowest BCUT2D eigenvalue weighted by Crippen LogP contribution is -2.65. The first-order chi connectivity index (χ1) is 12.3. The molecule has 4 fully saturated rings. The molecule has 4 aliphatic rings. The van der Waals surface area contributed by atoms with Gasteiger partial charge in [-0.3, -0.25) is 0 Å². The number of hydrogen-bond acceptors (Lipinski definition) is 3. The molecule has 0 N–H and O–H groups in total. The van der Waals surface area contributed by atoms with Crippen LogP contribution < -0.4 is 0 Å². The van der Waals surface area contributed by atoms with E-state index in [0.29, 0.717) is 17.8 Å². The minimum atomic E-state index is -0.350. The monoisotopic (exact) mass is 372 g/mol. The molecule has 0 spiro atoms. The molecule has 5 heteroatoms. The van der Waals surface area contributed by atoms with Gasteiger partial charge in [0, 0.05) is 5.39 Å². The van der Waals surface area contributed by atoms with Crippen molar-refractivity contribution in [3.8, 4) is 0 Å². The van der Waals surface area contributed by atoms with Gasteiger partial charge in [0.2, 0.25) is 0 Å². The van der Waals surface area contributed by atoms with Gasteiger partial charge < -0.3 is 13.7 Å². The number of benzene rings is 1. The fourth-order valence-corrected chi connectivity index (χ4v) is 6.05. The summed E-state index contributed by atoms with van der Waals surface area (Å²) >= 11 is 6.79. The first-order valence-electron chi connectivity index (χ1n) is 9.73. The highest BCUT2D eigenvalue weighted by Gasteiger charge is 2.68. The van der Waals surface area contributed by atoms with Gasteiger partial charge in [0.1, 0.15) is 5.58 Å². The molecule has 1 aromatic heterocycles. The predicted octanol–water partition coefficient (Wildman–Crippen LogP) is 5.16. The molecule has 26 heavy (non-hydrogen) atoms. The van der Waals surface area contributed by atoms with E-state index in [-0.39, 0.29) is 24.1 Å². The second-order valence-corrected chi connectivity index (χ2v) is 9.83. The van der Waals surface area contributed by atoms with E-state index in [1.54, 1.807) is 0 Å². The molecule has 0 amide bonds. The van der Waals surface area contributed by atoms with Crippen molar-refractivity contribution in [1.29, 1.82) is 0 Å². The Morgan fingerprint density at radius 2 is 2.08 bits per heavy atom. The minimum Gasteiger partial charge on any atom is -0.464 e. The largest absolute Gasteiger partial charge is 0.477 e. The van der Waals surface area contributed by atoms with Crippen molar-refractivity contribution in [3.05, 3.63) is 35.6 Å². The third-order valence-corrected chi connectivity index (χ3v) is 7.92. The van der Waals surface area contributed by atoms with Gasteiger partial charge >= 0.3 is 7.12 Å². The number of furan rings is 1. The Kier molecular flexibility index (Phi) is 3.65. The van der Waals surface area contributed by atoms with Crippen LogP contribution in [0.2, 0.25) is 0 Å². The summed E-state index contributed by atoms with van der Waals surface area (Å²) in [5.74, 6) is 1.31. The van der Waals surface area contributed by atoms with Gasteiger partial charge in [-0.1, -0.05) is 32.0 Å². The molecule has 2 heterocycles. The fourth-order valence-electron chi connectivity index (χ4n) is 5.77. The van der Waals surface area contributed by atoms with Crippen LogP contribution in [-0.2, 0) is 15.7 Å². The molecule has 1 saturated heterocycles. The van der Waals surface area contributed by atoms with Crippen LogP contribution in [0, 0.1) is 24.2 Å². The predicted molar refractivity (Wildman–Crippen MR) is 104 cm³/mol. The minimum absolute atomic E-state index is 0.175. The smallest absolute Gasteiger partial charge is 0.464 e. The summed E-state index contributed by atoms with van der Waals surface area (Å²) in [5.41, 5.74) is 3.37. The molecule has 0 radical (unpaired) electrons. The summed E-state index contributed by atoms with van der Waals surface area (Å²) in [6.45, 7) is 9.06. The maximum absolute atomic E-state index is 6.79. The van der Waals surface area contributed by atoms with Crippen LogP contribution in [0.1, 0.15) is 44.7 Å². The zero-order chi connectivity index (χ0) is 18.3. The van der Waals surface area contributed by atoms with E-state index in [9.17, 15) is 0 Å². The van der Waals surface area contributed by atoms with E-state index in [2.05, 4.69) is 45.9 Å². The molecule has 2 aromatic rings. The zero-order valence-corrected chi connectivity index (χ0v) is 16.7. The SMILES string of the molecule is Cc1cccc2c(C[C@@H](Cl)B3O[C@@H]4C[C@@H]5C[C@@H](C5(C)C)[C@]4(C)O3)coc12. The van der Waals surface area contributed by atoms with Gasteiger partial charge in [-0.25, -0.2) is 0 Å². The van der Waals surface area contributed by atoms with E-state index in [1.165, 1.54) is 6.42 Å². The topological polar surface area (TPSA) is 31.6 Å². The summed E-state index contributed by atoms with van der Waals surface area (Å²) in [7, 11) is -0.350. The van der Waals surface area contributed by atoms with Crippen LogP contribution >= 0.6 is 11.6 Å². The molecule has 0 unspecified atom stereocenters. The third kappa shape index (κ3) is 2.22. The Hall–Kier alpha value is -0.965. The average Bonchev–Trinajstić information content (AvgIpc) is 3.16. The van der Waals surface area contributed by atoms with E-state index in [4.69, 9.17) is 25.3 Å². The molecular weight excluding hydrogens is 346 g/mol. The van der Waals surface area contributed by atoms with Gasteiger partial charge in [-0.05, 0) is 61.5 Å². The van der Waals surface area contributed by atoms with Gasteiger partial charge in [0.05, 0.1) is 23.2 Å². The van der Waals surface area contributed by atoms with Crippen molar-refractivity contribution in [2.24, 2.45) is 17.3 Å². The molecule has 3 saturated carbocycles. The molecule has 1 aromatic carbocycles. The first-order valence-corrected chi connectivity index (χ1v) is 10.2. The van der Waals surface area contributed by atoms with Gasteiger partial charge in [-0.2, -0.15) is 0 Å². The summed E-state index contributed by atoms with van der Waals surface area (Å²) in [5, 5.41) is 0.916. The van der Waals surface area contributed by atoms with Crippen molar-refractivity contribution in [3.63, 3.8) is 0 Å². The summed E-state index contributed by atoms with van der Waals surface area (Å²) in [4.78, 5) is 0. The van der Waals surface area contributed by atoms with E-state index >= 15 is 0 Å². The molecule has 6 rings (SSSR count). The van der Waals surface area contributed by atoms with Crippen molar-refractivity contribution in [2.45, 2.75) is 63.9 Å². The standard InChI is InChI=1S/C21H26BClO3/c1-12-6-5-7-15-13(11-24-19(12)15)8-18(23)22-25-17-10-14-9-16(20(14,2)3)21(17,4)26-22/h5-7,11,14,16-18H,8-10H2,1-4H3/t14-,16-,17+,18+,21-/m0/s1. The average molecular weight is 373 g/mol. The van der Waals surface area contributed by atoms with Crippen LogP contribution in [-0.4, -0.2) is 24.1 Å². The Morgan fingerprint density at radius 3 is 2.85 bits per heavy atom. The fraction of sp³-hybridized carbons (Fsp3) is 0.619. The molecular formula is C21H26BClO3. The van der Waals surface area contributed by atoms with Gasteiger partial charge in [0.15, 0.2) is 0 Å². The lowest BCUT2D eigenvalue weighted by atomic mass is 9.43. The van der Waals surface area contributed by atoms with Crippen molar-refractivity contribution in [2.75, 3.05) is 0 Å². The van der Waals surface area contributed by atoms with Gasteiger partial charge in [-0.15, -0.1) is 11.6 Å². The maximum atomic E-state index is 6.79. The number of rotatable bonds is 3. The number of aryl methyl sites for hydroxylation is 1. The third-order valence-electron chi connectivity index (χ3n) is 7.56. The Balaban J connectivity index is 1.36. The maximum Gasteiger partial charge on any atom is 0.477 e. The van der Waals surface area contributed by atoms with Crippen molar-refractivity contribution >= 4 is 29.7 Å². The lowest BCUT2D eigenvalue weighted by Gasteiger charge is -2.64. The van der Waals surface area contributed by atoms with Gasteiger partial charge in [0.25, 0.3) is 0 Å². The molecule has 2 bridgehead atoms. The Bertz CT molecular complexity index is 862. The number of fused-ring (bicyclic) bond motifs is 1. The van der Waals surface area contributed by atoms with Crippen molar-refractivity contribution < 1.29 is 13.7 Å². The van der Waals surface area contributed by atoms with Crippen LogP contribution in [0.25, 0.3) is 11.0 Å². The molecule has 1 aliphatic heterocycles. The Labute approximate surface area is 160 Å². The van der Waals surface area contributed by atoms with Crippen LogP contribution in [0.3, 0.4) is 0 Å². The highest BCUT2D eigenvalue weighted by atomic mass is 35.5. The number of para-hydroxylation sites is 1. The van der Waals surface area contributed by atoms with E-state index < -0.39 is 0 Å².